The standard InChI is InChI=1S/C8H16O2/c1-8(2)5-4-6-10-7(8)9-3/h7H,4-6H2,1-3H3. The number of hydrogen-bond acceptors (Lipinski definition) is 2. The van der Waals surface area contributed by atoms with E-state index in [4.69, 9.17) is 9.47 Å². The minimum atomic E-state index is 0.00116. The van der Waals surface area contributed by atoms with Gasteiger partial charge in [-0.2, -0.15) is 0 Å². The van der Waals surface area contributed by atoms with E-state index < -0.39 is 0 Å². The minimum absolute atomic E-state index is 0.00116. The van der Waals surface area contributed by atoms with Gasteiger partial charge in [-0.1, -0.05) is 13.8 Å². The summed E-state index contributed by atoms with van der Waals surface area (Å²) in [6, 6.07) is 0. The first-order valence-electron chi connectivity index (χ1n) is 3.81. The Bertz CT molecular complexity index is 110. The van der Waals surface area contributed by atoms with Gasteiger partial charge in [0.2, 0.25) is 0 Å². The van der Waals surface area contributed by atoms with Gasteiger partial charge in [0.05, 0.1) is 0 Å². The fourth-order valence-electron chi connectivity index (χ4n) is 1.45. The molecule has 0 aromatic rings. The molecular weight excluding hydrogens is 128 g/mol. The van der Waals surface area contributed by atoms with E-state index in [1.165, 1.54) is 6.42 Å². The SMILES string of the molecule is COC1OCCCC1(C)C. The van der Waals surface area contributed by atoms with Gasteiger partial charge in [0.25, 0.3) is 0 Å². The number of methoxy groups -OCH3 is 1. The lowest BCUT2D eigenvalue weighted by molar-refractivity contribution is -0.207. The maximum atomic E-state index is 5.42. The largest absolute Gasteiger partial charge is 0.355 e. The zero-order chi connectivity index (χ0) is 7.61. The Morgan fingerprint density at radius 3 is 2.60 bits per heavy atom. The lowest BCUT2D eigenvalue weighted by atomic mass is 9.85. The Balaban J connectivity index is 2.51. The van der Waals surface area contributed by atoms with Crippen molar-refractivity contribution >= 4 is 0 Å². The van der Waals surface area contributed by atoms with E-state index in [2.05, 4.69) is 13.8 Å². The van der Waals surface area contributed by atoms with Crippen LogP contribution in [0.2, 0.25) is 0 Å². The van der Waals surface area contributed by atoms with Crippen LogP contribution in [0.25, 0.3) is 0 Å². The third-order valence-corrected chi connectivity index (χ3v) is 2.09. The van der Waals surface area contributed by atoms with Crippen LogP contribution >= 0.6 is 0 Å². The van der Waals surface area contributed by atoms with E-state index in [-0.39, 0.29) is 11.7 Å². The number of rotatable bonds is 1. The van der Waals surface area contributed by atoms with Gasteiger partial charge in [0.15, 0.2) is 6.29 Å². The average Bonchev–Trinajstić information content (AvgIpc) is 1.87. The van der Waals surface area contributed by atoms with Gasteiger partial charge in [-0.05, 0) is 12.8 Å². The molecule has 2 nitrogen and oxygen atoms in total. The summed E-state index contributed by atoms with van der Waals surface area (Å²) in [5.41, 5.74) is 0.201. The molecule has 2 heteroatoms. The Labute approximate surface area is 62.5 Å². The van der Waals surface area contributed by atoms with Gasteiger partial charge in [-0.15, -0.1) is 0 Å². The van der Waals surface area contributed by atoms with E-state index in [1.54, 1.807) is 7.11 Å². The van der Waals surface area contributed by atoms with Crippen LogP contribution in [-0.2, 0) is 9.47 Å². The molecule has 1 heterocycles. The summed E-state index contributed by atoms with van der Waals surface area (Å²) in [4.78, 5) is 0. The lowest BCUT2D eigenvalue weighted by Crippen LogP contribution is -2.37. The van der Waals surface area contributed by atoms with Crippen molar-refractivity contribution in [3.8, 4) is 0 Å². The maximum absolute atomic E-state index is 5.42. The van der Waals surface area contributed by atoms with E-state index >= 15 is 0 Å². The first-order valence-corrected chi connectivity index (χ1v) is 3.81. The highest BCUT2D eigenvalue weighted by molar-refractivity contribution is 4.75. The second kappa shape index (κ2) is 2.89. The Hall–Kier alpha value is -0.0800. The van der Waals surface area contributed by atoms with Crippen LogP contribution < -0.4 is 0 Å². The van der Waals surface area contributed by atoms with Crippen molar-refractivity contribution in [1.82, 2.24) is 0 Å². The van der Waals surface area contributed by atoms with E-state index in [0.29, 0.717) is 0 Å². The summed E-state index contributed by atoms with van der Waals surface area (Å²) >= 11 is 0. The Morgan fingerprint density at radius 2 is 2.20 bits per heavy atom. The van der Waals surface area contributed by atoms with Crippen LogP contribution in [0.4, 0.5) is 0 Å². The van der Waals surface area contributed by atoms with Gasteiger partial charge in [-0.25, -0.2) is 0 Å². The van der Waals surface area contributed by atoms with Crippen molar-refractivity contribution in [2.45, 2.75) is 33.0 Å². The van der Waals surface area contributed by atoms with Crippen LogP contribution in [0.3, 0.4) is 0 Å². The first kappa shape index (κ1) is 8.02. The zero-order valence-electron chi connectivity index (χ0n) is 7.02. The molecule has 0 spiro atoms. The van der Waals surface area contributed by atoms with Gasteiger partial charge in [0.1, 0.15) is 0 Å². The summed E-state index contributed by atoms with van der Waals surface area (Å²) in [7, 11) is 1.71. The Morgan fingerprint density at radius 1 is 1.50 bits per heavy atom. The Kier molecular flexibility index (Phi) is 2.32. The summed E-state index contributed by atoms with van der Waals surface area (Å²) in [6.45, 7) is 5.21. The monoisotopic (exact) mass is 144 g/mol. The molecule has 0 N–H and O–H groups in total. The highest BCUT2D eigenvalue weighted by atomic mass is 16.7. The van der Waals surface area contributed by atoms with Crippen LogP contribution in [0, 0.1) is 5.41 Å². The predicted octanol–water partition coefficient (Wildman–Crippen LogP) is 1.80. The normalized spacial score (nSPS) is 32.1. The van der Waals surface area contributed by atoms with E-state index in [9.17, 15) is 0 Å². The van der Waals surface area contributed by atoms with Crippen LogP contribution in [0.5, 0.6) is 0 Å². The third-order valence-electron chi connectivity index (χ3n) is 2.09. The number of hydrogen-bond donors (Lipinski definition) is 0. The molecule has 0 aromatic heterocycles. The molecular formula is C8H16O2. The first-order chi connectivity index (χ1) is 4.67. The van der Waals surface area contributed by atoms with Crippen molar-refractivity contribution in [2.24, 2.45) is 5.41 Å². The molecule has 1 unspecified atom stereocenters. The molecule has 1 fully saturated rings. The average molecular weight is 144 g/mol. The topological polar surface area (TPSA) is 18.5 Å². The zero-order valence-corrected chi connectivity index (χ0v) is 7.02. The molecule has 1 saturated heterocycles. The second-order valence-electron chi connectivity index (χ2n) is 3.53. The van der Waals surface area contributed by atoms with E-state index in [1.807, 2.05) is 0 Å². The quantitative estimate of drug-likeness (QED) is 0.558. The molecule has 0 aliphatic carbocycles. The molecule has 1 rings (SSSR count). The molecule has 0 aromatic carbocycles. The van der Waals surface area contributed by atoms with Crippen molar-refractivity contribution in [3.63, 3.8) is 0 Å². The smallest absolute Gasteiger partial charge is 0.162 e. The molecule has 60 valence electrons. The molecule has 0 radical (unpaired) electrons. The van der Waals surface area contributed by atoms with Gasteiger partial charge >= 0.3 is 0 Å². The molecule has 1 aliphatic rings. The predicted molar refractivity (Wildman–Crippen MR) is 39.8 cm³/mol. The summed E-state index contributed by atoms with van der Waals surface area (Å²) in [6.07, 6.45) is 2.36. The van der Waals surface area contributed by atoms with Crippen LogP contribution in [-0.4, -0.2) is 20.0 Å². The highest BCUT2D eigenvalue weighted by Crippen LogP contribution is 2.33. The molecule has 1 atom stereocenters. The molecule has 0 amide bonds. The third kappa shape index (κ3) is 1.50. The molecule has 0 saturated carbocycles. The number of ether oxygens (including phenoxy) is 2. The van der Waals surface area contributed by atoms with Crippen molar-refractivity contribution in [3.05, 3.63) is 0 Å². The van der Waals surface area contributed by atoms with Crippen LogP contribution in [0.15, 0.2) is 0 Å². The van der Waals surface area contributed by atoms with Crippen molar-refractivity contribution in [1.29, 1.82) is 0 Å². The highest BCUT2D eigenvalue weighted by Gasteiger charge is 2.32. The molecule has 0 bridgehead atoms. The van der Waals surface area contributed by atoms with Gasteiger partial charge in [-0.3, -0.25) is 0 Å². The summed E-state index contributed by atoms with van der Waals surface area (Å²) in [5, 5.41) is 0. The van der Waals surface area contributed by atoms with Crippen molar-refractivity contribution in [2.75, 3.05) is 13.7 Å². The van der Waals surface area contributed by atoms with Gasteiger partial charge < -0.3 is 9.47 Å². The molecule has 1 aliphatic heterocycles. The van der Waals surface area contributed by atoms with Crippen LogP contribution in [0.1, 0.15) is 26.7 Å². The fraction of sp³-hybridized carbons (Fsp3) is 1.00. The summed E-state index contributed by atoms with van der Waals surface area (Å²) in [5.74, 6) is 0. The fourth-order valence-corrected chi connectivity index (χ4v) is 1.45. The maximum Gasteiger partial charge on any atom is 0.162 e. The minimum Gasteiger partial charge on any atom is -0.355 e. The van der Waals surface area contributed by atoms with Crippen molar-refractivity contribution < 1.29 is 9.47 Å². The molecule has 10 heavy (non-hydrogen) atoms. The summed E-state index contributed by atoms with van der Waals surface area (Å²) < 4.78 is 10.6. The lowest BCUT2D eigenvalue weighted by Gasteiger charge is -2.36. The van der Waals surface area contributed by atoms with Gasteiger partial charge in [0, 0.05) is 19.1 Å². The van der Waals surface area contributed by atoms with E-state index in [0.717, 1.165) is 13.0 Å². The second-order valence-corrected chi connectivity index (χ2v) is 3.53.